The number of aryl methyl sites for hydroxylation is 1. The van der Waals surface area contributed by atoms with Crippen molar-refractivity contribution in [2.75, 3.05) is 36.4 Å². The zero-order chi connectivity index (χ0) is 21.0. The van der Waals surface area contributed by atoms with Crippen molar-refractivity contribution in [1.29, 1.82) is 0 Å². The predicted molar refractivity (Wildman–Crippen MR) is 115 cm³/mol. The van der Waals surface area contributed by atoms with Gasteiger partial charge < -0.3 is 10.2 Å². The van der Waals surface area contributed by atoms with Crippen molar-refractivity contribution in [1.82, 2.24) is 9.29 Å². The van der Waals surface area contributed by atoms with Crippen LogP contribution in [0.15, 0.2) is 41.6 Å². The maximum Gasteiger partial charge on any atom is 0.257 e. The quantitative estimate of drug-likeness (QED) is 0.749. The molecular weight excluding hydrogens is 388 g/mol. The van der Waals surface area contributed by atoms with Crippen LogP contribution in [0.4, 0.5) is 11.4 Å². The van der Waals surface area contributed by atoms with Gasteiger partial charge in [0.2, 0.25) is 10.0 Å². The van der Waals surface area contributed by atoms with Gasteiger partial charge in [0.05, 0.1) is 22.3 Å². The number of rotatable bonds is 7. The van der Waals surface area contributed by atoms with Crippen LogP contribution < -0.4 is 10.2 Å². The van der Waals surface area contributed by atoms with E-state index in [1.165, 1.54) is 10.4 Å². The van der Waals surface area contributed by atoms with Crippen LogP contribution >= 0.6 is 0 Å². The summed E-state index contributed by atoms with van der Waals surface area (Å²) in [6.07, 6.45) is 5.38. The van der Waals surface area contributed by atoms with E-state index in [0.29, 0.717) is 24.3 Å². The van der Waals surface area contributed by atoms with Crippen LogP contribution in [0.1, 0.15) is 42.6 Å². The van der Waals surface area contributed by atoms with Gasteiger partial charge in [-0.15, -0.1) is 0 Å². The lowest BCUT2D eigenvalue weighted by molar-refractivity contribution is 0.102. The molecule has 0 saturated carbocycles. The molecule has 2 aromatic rings. The van der Waals surface area contributed by atoms with E-state index in [4.69, 9.17) is 0 Å². The van der Waals surface area contributed by atoms with Crippen molar-refractivity contribution in [3.8, 4) is 0 Å². The van der Waals surface area contributed by atoms with Crippen LogP contribution in [0.25, 0.3) is 0 Å². The first-order valence-electron chi connectivity index (χ1n) is 9.99. The molecule has 1 amide bonds. The van der Waals surface area contributed by atoms with Gasteiger partial charge in [-0.05, 0) is 49.6 Å². The number of aromatic nitrogens is 1. The van der Waals surface area contributed by atoms with Crippen molar-refractivity contribution < 1.29 is 13.2 Å². The number of amides is 1. The third kappa shape index (κ3) is 4.43. The first-order chi connectivity index (χ1) is 13.9. The third-order valence-electron chi connectivity index (χ3n) is 5.29. The lowest BCUT2D eigenvalue weighted by Gasteiger charge is -2.23. The second-order valence-corrected chi connectivity index (χ2v) is 9.05. The molecule has 1 saturated heterocycles. The molecule has 8 heteroatoms. The third-order valence-corrected chi connectivity index (χ3v) is 7.34. The Bertz CT molecular complexity index is 981. The lowest BCUT2D eigenvalue weighted by Crippen LogP contribution is -2.31. The highest BCUT2D eigenvalue weighted by atomic mass is 32.2. The van der Waals surface area contributed by atoms with Gasteiger partial charge in [0.1, 0.15) is 0 Å². The second kappa shape index (κ2) is 8.92. The molecule has 1 fully saturated rings. The van der Waals surface area contributed by atoms with Gasteiger partial charge in [-0.3, -0.25) is 9.78 Å². The number of hydrogen-bond acceptors (Lipinski definition) is 5. The lowest BCUT2D eigenvalue weighted by atomic mass is 10.1. The molecule has 29 heavy (non-hydrogen) atoms. The van der Waals surface area contributed by atoms with E-state index in [0.717, 1.165) is 37.2 Å². The summed E-state index contributed by atoms with van der Waals surface area (Å²) >= 11 is 0. The summed E-state index contributed by atoms with van der Waals surface area (Å²) in [6.45, 7) is 7.96. The maximum absolute atomic E-state index is 13.2. The number of carbonyl (C=O) groups is 1. The number of hydrogen-bond donors (Lipinski definition) is 1. The van der Waals surface area contributed by atoms with Crippen LogP contribution in [0.2, 0.25) is 0 Å². The van der Waals surface area contributed by atoms with Crippen molar-refractivity contribution in [3.63, 3.8) is 0 Å². The Balaban J connectivity index is 2.04. The summed E-state index contributed by atoms with van der Waals surface area (Å²) in [7, 11) is -3.66. The number of benzene rings is 1. The molecule has 1 aliphatic heterocycles. The van der Waals surface area contributed by atoms with E-state index in [1.54, 1.807) is 38.4 Å². The normalized spacial score (nSPS) is 14.4. The van der Waals surface area contributed by atoms with Gasteiger partial charge >= 0.3 is 0 Å². The SMILES string of the molecule is CCN(CC)S(=O)(=O)c1ccc(N2CCCC2)c(C(=O)Nc2cnccc2C)c1. The van der Waals surface area contributed by atoms with Crippen molar-refractivity contribution in [2.45, 2.75) is 38.5 Å². The number of anilines is 2. The average molecular weight is 417 g/mol. The topological polar surface area (TPSA) is 82.6 Å². The fourth-order valence-electron chi connectivity index (χ4n) is 3.59. The highest BCUT2D eigenvalue weighted by Crippen LogP contribution is 2.29. The summed E-state index contributed by atoms with van der Waals surface area (Å²) in [5.41, 5.74) is 2.63. The van der Waals surface area contributed by atoms with Gasteiger partial charge in [0.25, 0.3) is 5.91 Å². The number of pyridine rings is 1. The largest absolute Gasteiger partial charge is 0.371 e. The van der Waals surface area contributed by atoms with E-state index >= 15 is 0 Å². The average Bonchev–Trinajstić information content (AvgIpc) is 3.24. The molecule has 3 rings (SSSR count). The van der Waals surface area contributed by atoms with E-state index in [9.17, 15) is 13.2 Å². The predicted octanol–water partition coefficient (Wildman–Crippen LogP) is 3.27. The number of sulfonamides is 1. The monoisotopic (exact) mass is 416 g/mol. The molecule has 1 aliphatic rings. The van der Waals surface area contributed by atoms with Gasteiger partial charge in [-0.25, -0.2) is 8.42 Å². The van der Waals surface area contributed by atoms with Crippen LogP contribution in [-0.4, -0.2) is 49.8 Å². The molecular formula is C21H28N4O3S. The summed E-state index contributed by atoms with van der Waals surface area (Å²) in [4.78, 5) is 19.5. The first kappa shape index (κ1) is 21.3. The molecule has 1 aromatic heterocycles. The number of nitrogens with zero attached hydrogens (tertiary/aromatic N) is 3. The Morgan fingerprint density at radius 1 is 1.17 bits per heavy atom. The van der Waals surface area contributed by atoms with Gasteiger partial charge in [0, 0.05) is 38.1 Å². The Morgan fingerprint density at radius 3 is 2.48 bits per heavy atom. The molecule has 0 atom stereocenters. The molecule has 1 aromatic carbocycles. The minimum atomic E-state index is -3.66. The van der Waals surface area contributed by atoms with Crippen LogP contribution in [0.3, 0.4) is 0 Å². The fraction of sp³-hybridized carbons (Fsp3) is 0.429. The standard InChI is InChI=1S/C21H28N4O3S/c1-4-25(5-2)29(27,28)17-8-9-20(24-12-6-7-13-24)18(14-17)21(26)23-19-15-22-11-10-16(19)3/h8-11,14-15H,4-7,12-13H2,1-3H3,(H,23,26). The Hall–Kier alpha value is -2.45. The van der Waals surface area contributed by atoms with E-state index < -0.39 is 10.0 Å². The van der Waals surface area contributed by atoms with E-state index in [-0.39, 0.29) is 10.8 Å². The van der Waals surface area contributed by atoms with Crippen molar-refractivity contribution in [2.24, 2.45) is 0 Å². The Labute approximate surface area is 172 Å². The van der Waals surface area contributed by atoms with E-state index in [1.807, 2.05) is 13.0 Å². The Morgan fingerprint density at radius 2 is 1.86 bits per heavy atom. The van der Waals surface area contributed by atoms with Crippen molar-refractivity contribution in [3.05, 3.63) is 47.8 Å². The molecule has 0 radical (unpaired) electrons. The summed E-state index contributed by atoms with van der Waals surface area (Å²) in [5.74, 6) is -0.334. The molecule has 1 N–H and O–H groups in total. The number of nitrogens with one attached hydrogen (secondary N) is 1. The fourth-order valence-corrected chi connectivity index (χ4v) is 5.07. The summed E-state index contributed by atoms with van der Waals surface area (Å²) in [6, 6.07) is 6.68. The summed E-state index contributed by atoms with van der Waals surface area (Å²) < 4.78 is 27.4. The maximum atomic E-state index is 13.2. The smallest absolute Gasteiger partial charge is 0.257 e. The number of carbonyl (C=O) groups excluding carboxylic acids is 1. The molecule has 0 spiro atoms. The molecule has 156 valence electrons. The molecule has 0 bridgehead atoms. The van der Waals surface area contributed by atoms with Crippen molar-refractivity contribution >= 4 is 27.3 Å². The molecule has 2 heterocycles. The highest BCUT2D eigenvalue weighted by Gasteiger charge is 2.26. The van der Waals surface area contributed by atoms with Gasteiger partial charge in [-0.2, -0.15) is 4.31 Å². The minimum absolute atomic E-state index is 0.136. The molecule has 0 aliphatic carbocycles. The van der Waals surface area contributed by atoms with Crippen LogP contribution in [-0.2, 0) is 10.0 Å². The molecule has 7 nitrogen and oxygen atoms in total. The van der Waals surface area contributed by atoms with Crippen LogP contribution in [0, 0.1) is 6.92 Å². The zero-order valence-corrected chi connectivity index (χ0v) is 18.0. The minimum Gasteiger partial charge on any atom is -0.371 e. The first-order valence-corrected chi connectivity index (χ1v) is 11.4. The second-order valence-electron chi connectivity index (χ2n) is 7.11. The van der Waals surface area contributed by atoms with E-state index in [2.05, 4.69) is 15.2 Å². The zero-order valence-electron chi connectivity index (χ0n) is 17.2. The van der Waals surface area contributed by atoms with Gasteiger partial charge in [-0.1, -0.05) is 13.8 Å². The van der Waals surface area contributed by atoms with Gasteiger partial charge in [0.15, 0.2) is 0 Å². The Kier molecular flexibility index (Phi) is 6.54. The molecule has 0 unspecified atom stereocenters. The highest BCUT2D eigenvalue weighted by molar-refractivity contribution is 7.89. The van der Waals surface area contributed by atoms with Crippen LogP contribution in [0.5, 0.6) is 0 Å². The summed E-state index contributed by atoms with van der Waals surface area (Å²) in [5, 5.41) is 2.89.